The average Bonchev–Trinajstić information content (AvgIpc) is 1.82. The lowest BCUT2D eigenvalue weighted by Gasteiger charge is -2.14. The molecule has 0 aromatic heterocycles. The molecule has 0 spiro atoms. The van der Waals surface area contributed by atoms with Gasteiger partial charge in [0.25, 0.3) is 0 Å². The van der Waals surface area contributed by atoms with Crippen LogP contribution in [-0.4, -0.2) is 16.3 Å². The van der Waals surface area contributed by atoms with E-state index in [2.05, 4.69) is 20.4 Å². The molecule has 0 unspecified atom stereocenters. The van der Waals surface area contributed by atoms with E-state index in [1.54, 1.807) is 0 Å². The van der Waals surface area contributed by atoms with Crippen molar-refractivity contribution in [2.75, 3.05) is 0 Å². The normalized spacial score (nSPS) is 10.1. The van der Waals surface area contributed by atoms with E-state index in [4.69, 9.17) is 4.74 Å². The van der Waals surface area contributed by atoms with Crippen LogP contribution in [0.15, 0.2) is 12.0 Å². The van der Waals surface area contributed by atoms with Gasteiger partial charge in [0.1, 0.15) is 0 Å². The van der Waals surface area contributed by atoms with Crippen molar-refractivity contribution < 1.29 is 4.74 Å². The molecule has 2 heteroatoms. The molecule has 9 heavy (non-hydrogen) atoms. The summed E-state index contributed by atoms with van der Waals surface area (Å²) in [6, 6.07) is 0. The van der Waals surface area contributed by atoms with Crippen LogP contribution in [0.3, 0.4) is 0 Å². The third kappa shape index (κ3) is 4.27. The number of hydrogen-bond donors (Lipinski definition) is 0. The molecule has 0 aliphatic heterocycles. The van der Waals surface area contributed by atoms with Gasteiger partial charge in [-0.15, -0.1) is 0 Å². The van der Waals surface area contributed by atoms with Crippen molar-refractivity contribution in [2.45, 2.75) is 32.8 Å². The van der Waals surface area contributed by atoms with E-state index in [1.807, 2.05) is 0 Å². The van der Waals surface area contributed by atoms with Gasteiger partial charge in [-0.2, -0.15) is 0 Å². The molecular formula is C7H16OSi. The van der Waals surface area contributed by atoms with Crippen molar-refractivity contribution in [3.05, 3.63) is 12.0 Å². The number of rotatable bonds is 4. The first-order valence-corrected chi connectivity index (χ1v) is 4.52. The molecular weight excluding hydrogens is 128 g/mol. The second kappa shape index (κ2) is 4.62. The zero-order valence-electron chi connectivity index (χ0n) is 6.61. The summed E-state index contributed by atoms with van der Waals surface area (Å²) >= 11 is 0. The van der Waals surface area contributed by atoms with Gasteiger partial charge in [-0.1, -0.05) is 20.4 Å². The fourth-order valence-corrected chi connectivity index (χ4v) is 1.07. The summed E-state index contributed by atoms with van der Waals surface area (Å²) in [6.07, 6.45) is 2.60. The van der Waals surface area contributed by atoms with Crippen molar-refractivity contribution in [3.63, 3.8) is 0 Å². The van der Waals surface area contributed by atoms with E-state index in [0.29, 0.717) is 6.10 Å². The van der Waals surface area contributed by atoms with E-state index >= 15 is 0 Å². The van der Waals surface area contributed by atoms with Crippen LogP contribution < -0.4 is 0 Å². The molecule has 1 nitrogen and oxygen atoms in total. The monoisotopic (exact) mass is 144 g/mol. The Morgan fingerprint density at radius 2 is 2.00 bits per heavy atom. The largest absolute Gasteiger partial charge is 0.502 e. The van der Waals surface area contributed by atoms with Gasteiger partial charge in [-0.3, -0.25) is 0 Å². The smallest absolute Gasteiger partial charge is 0.0970 e. The van der Waals surface area contributed by atoms with Crippen LogP contribution in [0.5, 0.6) is 0 Å². The molecule has 0 rings (SSSR count). The maximum Gasteiger partial charge on any atom is 0.0970 e. The predicted octanol–water partition coefficient (Wildman–Crippen LogP) is 1.03. The van der Waals surface area contributed by atoms with Crippen LogP contribution in [0.1, 0.15) is 26.7 Å². The van der Waals surface area contributed by atoms with Crippen LogP contribution in [-0.2, 0) is 4.74 Å². The Morgan fingerprint density at radius 1 is 1.56 bits per heavy atom. The van der Waals surface area contributed by atoms with E-state index in [1.165, 1.54) is 0 Å². The Balaban J connectivity index is 3.43. The minimum atomic E-state index is 0.412. The SMILES string of the molecule is C=C([SiH3])OC(CC)CC. The molecule has 0 aliphatic carbocycles. The maximum atomic E-state index is 5.42. The second-order valence-electron chi connectivity index (χ2n) is 2.26. The topological polar surface area (TPSA) is 9.23 Å². The first-order chi connectivity index (χ1) is 4.20. The van der Waals surface area contributed by atoms with Gasteiger partial charge in [-0.05, 0) is 12.8 Å². The van der Waals surface area contributed by atoms with Gasteiger partial charge in [0.15, 0.2) is 0 Å². The summed E-state index contributed by atoms with van der Waals surface area (Å²) in [5.74, 6) is 0. The van der Waals surface area contributed by atoms with Crippen molar-refractivity contribution in [3.8, 4) is 0 Å². The van der Waals surface area contributed by atoms with Gasteiger partial charge in [0.2, 0.25) is 0 Å². The lowest BCUT2D eigenvalue weighted by atomic mass is 10.2. The highest BCUT2D eigenvalue weighted by molar-refractivity contribution is 6.19. The van der Waals surface area contributed by atoms with Crippen LogP contribution in [0.4, 0.5) is 0 Å². The first-order valence-electron chi connectivity index (χ1n) is 3.52. The van der Waals surface area contributed by atoms with Crippen molar-refractivity contribution >= 4 is 10.2 Å². The third-order valence-corrected chi connectivity index (χ3v) is 1.51. The Morgan fingerprint density at radius 3 is 2.11 bits per heavy atom. The Kier molecular flexibility index (Phi) is 4.49. The highest BCUT2D eigenvalue weighted by Crippen LogP contribution is 2.04. The Labute approximate surface area is 60.5 Å². The van der Waals surface area contributed by atoms with Gasteiger partial charge >= 0.3 is 0 Å². The van der Waals surface area contributed by atoms with Crippen LogP contribution in [0.2, 0.25) is 0 Å². The summed E-state index contributed by atoms with van der Waals surface area (Å²) in [6.45, 7) is 8.01. The van der Waals surface area contributed by atoms with E-state index in [-0.39, 0.29) is 0 Å². The fraction of sp³-hybridized carbons (Fsp3) is 0.714. The van der Waals surface area contributed by atoms with Crippen molar-refractivity contribution in [1.29, 1.82) is 0 Å². The Hall–Kier alpha value is -0.243. The molecule has 0 aromatic carbocycles. The molecule has 0 heterocycles. The summed E-state index contributed by atoms with van der Waals surface area (Å²) in [5.41, 5.74) is 0. The highest BCUT2D eigenvalue weighted by atomic mass is 28.1. The Bertz CT molecular complexity index is 86.9. The quantitative estimate of drug-likeness (QED) is 0.423. The van der Waals surface area contributed by atoms with Gasteiger partial charge < -0.3 is 4.74 Å². The molecule has 0 fully saturated rings. The lowest BCUT2D eigenvalue weighted by Crippen LogP contribution is -2.08. The van der Waals surface area contributed by atoms with Crippen LogP contribution in [0, 0.1) is 0 Å². The highest BCUT2D eigenvalue weighted by Gasteiger charge is 2.01. The standard InChI is InChI=1S/C7H16OSi/c1-4-7(5-2)8-6(3)9/h7H,3-5H2,1-2,9H3. The predicted molar refractivity (Wildman–Crippen MR) is 44.5 cm³/mol. The number of ether oxygens (including phenoxy) is 1. The van der Waals surface area contributed by atoms with Gasteiger partial charge in [0, 0.05) is 0 Å². The van der Waals surface area contributed by atoms with E-state index in [9.17, 15) is 0 Å². The fourth-order valence-electron chi connectivity index (χ4n) is 0.740. The molecule has 0 bridgehead atoms. The molecule has 0 amide bonds. The average molecular weight is 144 g/mol. The first kappa shape index (κ1) is 8.76. The maximum absolute atomic E-state index is 5.42. The van der Waals surface area contributed by atoms with Crippen molar-refractivity contribution in [1.82, 2.24) is 0 Å². The molecule has 0 N–H and O–H groups in total. The van der Waals surface area contributed by atoms with Crippen LogP contribution in [0.25, 0.3) is 0 Å². The summed E-state index contributed by atoms with van der Waals surface area (Å²) < 4.78 is 5.42. The molecule has 0 saturated carbocycles. The minimum absolute atomic E-state index is 0.412. The van der Waals surface area contributed by atoms with Crippen LogP contribution >= 0.6 is 0 Å². The third-order valence-electron chi connectivity index (χ3n) is 1.28. The zero-order valence-corrected chi connectivity index (χ0v) is 8.61. The molecule has 0 atom stereocenters. The summed E-state index contributed by atoms with van der Waals surface area (Å²) in [4.78, 5) is 0. The number of hydrogen-bond acceptors (Lipinski definition) is 1. The molecule has 0 radical (unpaired) electrons. The molecule has 0 saturated heterocycles. The van der Waals surface area contributed by atoms with E-state index in [0.717, 1.165) is 28.5 Å². The molecule has 0 aromatic rings. The summed E-state index contributed by atoms with van der Waals surface area (Å²) in [5, 5.41) is 0.962. The van der Waals surface area contributed by atoms with E-state index < -0.39 is 0 Å². The minimum Gasteiger partial charge on any atom is -0.502 e. The summed E-state index contributed by atoms with van der Waals surface area (Å²) in [7, 11) is 0.959. The molecule has 54 valence electrons. The van der Waals surface area contributed by atoms with Crippen molar-refractivity contribution in [2.24, 2.45) is 0 Å². The lowest BCUT2D eigenvalue weighted by molar-refractivity contribution is 0.127. The van der Waals surface area contributed by atoms with Gasteiger partial charge in [-0.25, -0.2) is 0 Å². The second-order valence-corrected chi connectivity index (χ2v) is 3.37. The van der Waals surface area contributed by atoms with Gasteiger partial charge in [0.05, 0.1) is 21.7 Å². The zero-order chi connectivity index (χ0) is 7.28. The molecule has 0 aliphatic rings.